The SMILES string of the molecule is Cc1noc(C)c1S(=O)(=O)NCc1cccn1Cc1ccccc1. The van der Waals surface area contributed by atoms with Crippen molar-refractivity contribution in [3.05, 3.63) is 71.4 Å². The molecular formula is C17H19N3O3S. The third-order valence-electron chi connectivity index (χ3n) is 3.80. The fourth-order valence-corrected chi connectivity index (χ4v) is 3.97. The summed E-state index contributed by atoms with van der Waals surface area (Å²) in [6.45, 7) is 4.10. The molecule has 0 radical (unpaired) electrons. The topological polar surface area (TPSA) is 77.1 Å². The van der Waals surface area contributed by atoms with Gasteiger partial charge >= 0.3 is 0 Å². The van der Waals surface area contributed by atoms with Crippen molar-refractivity contribution >= 4 is 10.0 Å². The molecule has 2 heterocycles. The molecule has 6 nitrogen and oxygen atoms in total. The van der Waals surface area contributed by atoms with Crippen molar-refractivity contribution in [3.8, 4) is 0 Å². The van der Waals surface area contributed by atoms with Crippen LogP contribution in [-0.4, -0.2) is 18.1 Å². The lowest BCUT2D eigenvalue weighted by molar-refractivity contribution is 0.390. The lowest BCUT2D eigenvalue weighted by Crippen LogP contribution is -2.25. The van der Waals surface area contributed by atoms with E-state index in [2.05, 4.69) is 9.88 Å². The number of nitrogens with zero attached hydrogens (tertiary/aromatic N) is 2. The molecule has 0 bridgehead atoms. The number of hydrogen-bond donors (Lipinski definition) is 1. The number of aromatic nitrogens is 2. The molecule has 2 aromatic heterocycles. The van der Waals surface area contributed by atoms with Crippen molar-refractivity contribution in [1.29, 1.82) is 0 Å². The molecule has 0 saturated carbocycles. The smallest absolute Gasteiger partial charge is 0.246 e. The molecule has 0 amide bonds. The summed E-state index contributed by atoms with van der Waals surface area (Å²) in [7, 11) is -3.66. The molecule has 7 heteroatoms. The minimum atomic E-state index is -3.66. The van der Waals surface area contributed by atoms with Gasteiger partial charge in [0.05, 0.1) is 6.54 Å². The number of benzene rings is 1. The summed E-state index contributed by atoms with van der Waals surface area (Å²) >= 11 is 0. The predicted octanol–water partition coefficient (Wildman–Crippen LogP) is 2.62. The summed E-state index contributed by atoms with van der Waals surface area (Å²) in [6, 6.07) is 13.8. The highest BCUT2D eigenvalue weighted by atomic mass is 32.2. The maximum Gasteiger partial charge on any atom is 0.246 e. The Balaban J connectivity index is 1.75. The maximum absolute atomic E-state index is 12.5. The van der Waals surface area contributed by atoms with E-state index >= 15 is 0 Å². The fraction of sp³-hybridized carbons (Fsp3) is 0.235. The zero-order valence-corrected chi connectivity index (χ0v) is 14.4. The highest BCUT2D eigenvalue weighted by Gasteiger charge is 2.24. The Bertz CT molecular complexity index is 908. The molecule has 0 aliphatic rings. The Hall–Kier alpha value is -2.38. The molecular weight excluding hydrogens is 326 g/mol. The van der Waals surface area contributed by atoms with E-state index in [1.165, 1.54) is 0 Å². The molecule has 3 aromatic rings. The van der Waals surface area contributed by atoms with Gasteiger partial charge in [0.25, 0.3) is 0 Å². The van der Waals surface area contributed by atoms with Crippen LogP contribution in [0.3, 0.4) is 0 Å². The normalized spacial score (nSPS) is 11.8. The standard InChI is InChI=1S/C17H19N3O3S/c1-13-17(14(2)23-19-13)24(21,22)18-11-16-9-6-10-20(16)12-15-7-4-3-5-8-15/h3-10,18H,11-12H2,1-2H3. The lowest BCUT2D eigenvalue weighted by Gasteiger charge is -2.11. The van der Waals surface area contributed by atoms with Gasteiger partial charge in [-0.25, -0.2) is 13.1 Å². The second kappa shape index (κ2) is 6.62. The molecule has 0 saturated heterocycles. The number of hydrogen-bond acceptors (Lipinski definition) is 4. The van der Waals surface area contributed by atoms with Crippen LogP contribution >= 0.6 is 0 Å². The summed E-state index contributed by atoms with van der Waals surface area (Å²) in [5.41, 5.74) is 2.40. The molecule has 24 heavy (non-hydrogen) atoms. The molecule has 0 aliphatic carbocycles. The van der Waals surface area contributed by atoms with Crippen LogP contribution in [0.1, 0.15) is 22.7 Å². The van der Waals surface area contributed by atoms with Gasteiger partial charge in [-0.2, -0.15) is 0 Å². The van der Waals surface area contributed by atoms with Crippen LogP contribution in [0.2, 0.25) is 0 Å². The Labute approximate surface area is 141 Å². The van der Waals surface area contributed by atoms with Crippen molar-refractivity contribution < 1.29 is 12.9 Å². The van der Waals surface area contributed by atoms with Crippen LogP contribution in [0, 0.1) is 13.8 Å². The molecule has 3 rings (SSSR count). The van der Waals surface area contributed by atoms with Crippen LogP contribution in [0.25, 0.3) is 0 Å². The first-order valence-electron chi connectivity index (χ1n) is 7.58. The van der Waals surface area contributed by atoms with Gasteiger partial charge in [0.2, 0.25) is 10.0 Å². The van der Waals surface area contributed by atoms with E-state index in [1.54, 1.807) is 13.8 Å². The van der Waals surface area contributed by atoms with Gasteiger partial charge in [-0.3, -0.25) is 0 Å². The summed E-state index contributed by atoms with van der Waals surface area (Å²) in [5.74, 6) is 0.291. The van der Waals surface area contributed by atoms with Gasteiger partial charge in [-0.1, -0.05) is 35.5 Å². The quantitative estimate of drug-likeness (QED) is 0.745. The Morgan fingerprint density at radius 3 is 2.54 bits per heavy atom. The lowest BCUT2D eigenvalue weighted by atomic mass is 10.2. The van der Waals surface area contributed by atoms with Crippen molar-refractivity contribution in [2.45, 2.75) is 31.8 Å². The van der Waals surface area contributed by atoms with Gasteiger partial charge in [0.1, 0.15) is 10.6 Å². The van der Waals surface area contributed by atoms with Gasteiger partial charge in [-0.15, -0.1) is 0 Å². The van der Waals surface area contributed by atoms with Crippen LogP contribution in [0.4, 0.5) is 0 Å². The number of aryl methyl sites for hydroxylation is 2. The predicted molar refractivity (Wildman–Crippen MR) is 90.0 cm³/mol. The summed E-state index contributed by atoms with van der Waals surface area (Å²) < 4.78 is 34.5. The number of rotatable bonds is 6. The second-order valence-corrected chi connectivity index (χ2v) is 7.29. The van der Waals surface area contributed by atoms with Crippen LogP contribution < -0.4 is 4.72 Å². The van der Waals surface area contributed by atoms with E-state index < -0.39 is 10.0 Å². The average molecular weight is 345 g/mol. The molecule has 0 spiro atoms. The van der Waals surface area contributed by atoms with Crippen molar-refractivity contribution in [3.63, 3.8) is 0 Å². The maximum atomic E-state index is 12.5. The first-order chi connectivity index (χ1) is 11.5. The average Bonchev–Trinajstić information content (AvgIpc) is 3.13. The van der Waals surface area contributed by atoms with Crippen molar-refractivity contribution in [2.75, 3.05) is 0 Å². The molecule has 0 aliphatic heterocycles. The summed E-state index contributed by atoms with van der Waals surface area (Å²) in [4.78, 5) is 0.115. The Morgan fingerprint density at radius 2 is 1.88 bits per heavy atom. The minimum Gasteiger partial charge on any atom is -0.360 e. The number of sulfonamides is 1. The highest BCUT2D eigenvalue weighted by Crippen LogP contribution is 2.19. The van der Waals surface area contributed by atoms with E-state index in [1.807, 2.05) is 53.2 Å². The monoisotopic (exact) mass is 345 g/mol. The molecule has 126 valence electrons. The zero-order valence-electron chi connectivity index (χ0n) is 13.6. The third-order valence-corrected chi connectivity index (χ3v) is 5.44. The summed E-state index contributed by atoms with van der Waals surface area (Å²) in [5, 5.41) is 3.70. The molecule has 1 aromatic carbocycles. The number of nitrogens with one attached hydrogen (secondary N) is 1. The van der Waals surface area contributed by atoms with E-state index in [-0.39, 0.29) is 11.4 Å². The molecule has 0 unspecified atom stereocenters. The van der Waals surface area contributed by atoms with Gasteiger partial charge in [0.15, 0.2) is 5.76 Å². The largest absolute Gasteiger partial charge is 0.360 e. The van der Waals surface area contributed by atoms with Gasteiger partial charge < -0.3 is 9.09 Å². The molecule has 1 N–H and O–H groups in total. The van der Waals surface area contributed by atoms with Crippen LogP contribution in [-0.2, 0) is 23.1 Å². The fourth-order valence-electron chi connectivity index (χ4n) is 2.64. The highest BCUT2D eigenvalue weighted by molar-refractivity contribution is 7.89. The minimum absolute atomic E-state index is 0.115. The van der Waals surface area contributed by atoms with Crippen LogP contribution in [0.15, 0.2) is 58.1 Å². The van der Waals surface area contributed by atoms with E-state index in [0.717, 1.165) is 11.3 Å². The second-order valence-electron chi connectivity index (χ2n) is 5.59. The molecule has 0 fully saturated rings. The van der Waals surface area contributed by atoms with E-state index in [9.17, 15) is 8.42 Å². The third kappa shape index (κ3) is 3.42. The van der Waals surface area contributed by atoms with Crippen LogP contribution in [0.5, 0.6) is 0 Å². The molecule has 0 atom stereocenters. The van der Waals surface area contributed by atoms with Crippen molar-refractivity contribution in [2.24, 2.45) is 0 Å². The van der Waals surface area contributed by atoms with Gasteiger partial charge in [-0.05, 0) is 31.5 Å². The van der Waals surface area contributed by atoms with E-state index in [4.69, 9.17) is 4.52 Å². The van der Waals surface area contributed by atoms with E-state index in [0.29, 0.717) is 18.0 Å². The van der Waals surface area contributed by atoms with Crippen molar-refractivity contribution in [1.82, 2.24) is 14.4 Å². The zero-order chi connectivity index (χ0) is 17.2. The first-order valence-corrected chi connectivity index (χ1v) is 9.06. The van der Waals surface area contributed by atoms with Gasteiger partial charge in [0, 0.05) is 18.4 Å². The Morgan fingerprint density at radius 1 is 1.12 bits per heavy atom. The summed E-state index contributed by atoms with van der Waals surface area (Å²) in [6.07, 6.45) is 1.94. The Kier molecular flexibility index (Phi) is 4.55. The first kappa shape index (κ1) is 16.5.